The molecule has 3 heterocycles. The first-order valence-electron chi connectivity index (χ1n) is 9.84. The van der Waals surface area contributed by atoms with E-state index in [0.717, 1.165) is 39.7 Å². The van der Waals surface area contributed by atoms with Gasteiger partial charge in [0, 0.05) is 16.1 Å². The maximum atomic E-state index is 6.57. The fourth-order valence-electron chi connectivity index (χ4n) is 4.10. The van der Waals surface area contributed by atoms with Gasteiger partial charge in [-0.15, -0.1) is 0 Å². The number of nitrogens with zero attached hydrogens (tertiary/aromatic N) is 3. The Bertz CT molecular complexity index is 1250. The molecular formula is C24H18ClN3O. The summed E-state index contributed by atoms with van der Waals surface area (Å²) in [4.78, 5) is 9.67. The number of hydrogen-bond donors (Lipinski definition) is 0. The highest BCUT2D eigenvalue weighted by molar-refractivity contribution is 6.35. The van der Waals surface area contributed by atoms with Crippen LogP contribution in [0.2, 0.25) is 5.02 Å². The molecule has 0 N–H and O–H groups in total. The third-order valence-corrected chi connectivity index (χ3v) is 6.05. The summed E-state index contributed by atoms with van der Waals surface area (Å²) in [6.45, 7) is 0.504. The predicted octanol–water partition coefficient (Wildman–Crippen LogP) is 6.01. The molecule has 4 nitrogen and oxygen atoms in total. The third kappa shape index (κ3) is 2.75. The molecule has 142 valence electrons. The molecule has 0 saturated heterocycles. The van der Waals surface area contributed by atoms with Gasteiger partial charge in [-0.05, 0) is 54.7 Å². The molecule has 0 spiro atoms. The Labute approximate surface area is 173 Å². The molecule has 29 heavy (non-hydrogen) atoms. The van der Waals surface area contributed by atoms with Gasteiger partial charge < -0.3 is 4.42 Å². The Hall–Kier alpha value is -3.11. The van der Waals surface area contributed by atoms with Crippen LogP contribution in [0.15, 0.2) is 76.6 Å². The van der Waals surface area contributed by atoms with E-state index in [1.807, 2.05) is 42.7 Å². The Morgan fingerprint density at radius 2 is 1.90 bits per heavy atom. The fraction of sp³-hybridized carbons (Fsp3) is 0.167. The molecule has 0 bridgehead atoms. The first-order chi connectivity index (χ1) is 14.3. The molecule has 1 aliphatic carbocycles. The van der Waals surface area contributed by atoms with Crippen LogP contribution in [0.1, 0.15) is 41.1 Å². The van der Waals surface area contributed by atoms with Crippen LogP contribution in [0.4, 0.5) is 0 Å². The van der Waals surface area contributed by atoms with E-state index < -0.39 is 0 Å². The zero-order valence-electron chi connectivity index (χ0n) is 15.7. The Balaban J connectivity index is 1.60. The number of hydrogen-bond acceptors (Lipinski definition) is 3. The van der Waals surface area contributed by atoms with E-state index in [1.165, 1.54) is 18.4 Å². The smallest absolute Gasteiger partial charge is 0.154 e. The van der Waals surface area contributed by atoms with Crippen molar-refractivity contribution < 1.29 is 4.42 Å². The second-order valence-corrected chi connectivity index (χ2v) is 7.99. The van der Waals surface area contributed by atoms with Gasteiger partial charge in [-0.25, -0.2) is 4.98 Å². The van der Waals surface area contributed by atoms with Gasteiger partial charge in [0.15, 0.2) is 5.76 Å². The van der Waals surface area contributed by atoms with Crippen molar-refractivity contribution in [2.75, 3.05) is 0 Å². The Morgan fingerprint density at radius 3 is 2.69 bits per heavy atom. The van der Waals surface area contributed by atoms with E-state index in [2.05, 4.69) is 27.8 Å². The lowest BCUT2D eigenvalue weighted by molar-refractivity contribution is 0.579. The maximum absolute atomic E-state index is 6.57. The number of aliphatic imine (C=N–C) groups is 1. The summed E-state index contributed by atoms with van der Waals surface area (Å²) in [6, 6.07) is 18.5. The highest BCUT2D eigenvalue weighted by Crippen LogP contribution is 2.42. The highest BCUT2D eigenvalue weighted by Gasteiger charge is 2.28. The lowest BCUT2D eigenvalue weighted by Gasteiger charge is -2.14. The normalized spacial score (nSPS) is 15.4. The minimum atomic E-state index is 0.504. The molecule has 2 aliphatic rings. The summed E-state index contributed by atoms with van der Waals surface area (Å²) >= 11 is 6.57. The first-order valence-corrected chi connectivity index (χ1v) is 10.2. The number of benzene rings is 2. The van der Waals surface area contributed by atoms with Crippen molar-refractivity contribution in [3.05, 3.63) is 94.6 Å². The second-order valence-electron chi connectivity index (χ2n) is 7.58. The van der Waals surface area contributed by atoms with Gasteiger partial charge in [-0.1, -0.05) is 35.9 Å². The summed E-state index contributed by atoms with van der Waals surface area (Å²) in [6.07, 6.45) is 6.06. The van der Waals surface area contributed by atoms with Crippen molar-refractivity contribution in [2.45, 2.75) is 25.3 Å². The average molecular weight is 400 g/mol. The average Bonchev–Trinajstić information content (AvgIpc) is 3.33. The third-order valence-electron chi connectivity index (χ3n) is 5.72. The molecule has 6 rings (SSSR count). The molecule has 1 saturated carbocycles. The van der Waals surface area contributed by atoms with Crippen molar-refractivity contribution in [1.82, 2.24) is 9.55 Å². The molecular weight excluding hydrogens is 382 g/mol. The molecule has 2 aromatic carbocycles. The SMILES string of the molecule is Clc1ccccc1C1=NCc2c(-c3ccco3)ncn2-c2ccc(C3CC3)cc21. The highest BCUT2D eigenvalue weighted by atomic mass is 35.5. The molecule has 1 fully saturated rings. The van der Waals surface area contributed by atoms with Gasteiger partial charge in [-0.2, -0.15) is 0 Å². The molecule has 1 aliphatic heterocycles. The number of aromatic nitrogens is 2. The predicted molar refractivity (Wildman–Crippen MR) is 114 cm³/mol. The van der Waals surface area contributed by atoms with Gasteiger partial charge in [0.25, 0.3) is 0 Å². The number of halogens is 1. The zero-order valence-corrected chi connectivity index (χ0v) is 16.4. The number of furan rings is 1. The topological polar surface area (TPSA) is 43.3 Å². The lowest BCUT2D eigenvalue weighted by Crippen LogP contribution is -2.08. The quantitative estimate of drug-likeness (QED) is 0.423. The van der Waals surface area contributed by atoms with Crippen LogP contribution in [0, 0.1) is 0 Å². The molecule has 2 aromatic heterocycles. The van der Waals surface area contributed by atoms with Crippen molar-refractivity contribution in [3.63, 3.8) is 0 Å². The van der Waals surface area contributed by atoms with Crippen LogP contribution in [0.5, 0.6) is 0 Å². The van der Waals surface area contributed by atoms with Gasteiger partial charge >= 0.3 is 0 Å². The molecule has 0 unspecified atom stereocenters. The molecule has 4 aromatic rings. The van der Waals surface area contributed by atoms with Gasteiger partial charge in [0.1, 0.15) is 12.0 Å². The standard InChI is InChI=1S/C24H18ClN3O/c25-19-5-2-1-4-17(19)23-18-12-16(15-7-8-15)9-10-20(18)28-14-27-24(21(28)13-26-23)22-6-3-11-29-22/h1-6,9-12,14-15H,7-8,13H2. The fourth-order valence-corrected chi connectivity index (χ4v) is 4.32. The molecule has 0 radical (unpaired) electrons. The second kappa shape index (κ2) is 6.46. The van der Waals surface area contributed by atoms with Gasteiger partial charge in [0.05, 0.1) is 29.9 Å². The monoisotopic (exact) mass is 399 g/mol. The van der Waals surface area contributed by atoms with E-state index in [1.54, 1.807) is 6.26 Å². The van der Waals surface area contributed by atoms with Crippen LogP contribution < -0.4 is 0 Å². The minimum Gasteiger partial charge on any atom is -0.463 e. The Morgan fingerprint density at radius 1 is 1.00 bits per heavy atom. The minimum absolute atomic E-state index is 0.504. The van der Waals surface area contributed by atoms with E-state index in [9.17, 15) is 0 Å². The number of fused-ring (bicyclic) bond motifs is 3. The summed E-state index contributed by atoms with van der Waals surface area (Å²) in [7, 11) is 0. The first kappa shape index (κ1) is 16.8. The van der Waals surface area contributed by atoms with Crippen LogP contribution in [-0.2, 0) is 6.54 Å². The maximum Gasteiger partial charge on any atom is 0.154 e. The number of rotatable bonds is 3. The summed E-state index contributed by atoms with van der Waals surface area (Å²) in [5.74, 6) is 1.42. The molecule has 0 atom stereocenters. The van der Waals surface area contributed by atoms with E-state index in [0.29, 0.717) is 17.5 Å². The van der Waals surface area contributed by atoms with Crippen molar-refractivity contribution in [1.29, 1.82) is 0 Å². The van der Waals surface area contributed by atoms with Gasteiger partial charge in [0.2, 0.25) is 0 Å². The van der Waals surface area contributed by atoms with Gasteiger partial charge in [-0.3, -0.25) is 9.56 Å². The van der Waals surface area contributed by atoms with E-state index in [-0.39, 0.29) is 0 Å². The molecule has 5 heteroatoms. The van der Waals surface area contributed by atoms with Crippen LogP contribution in [-0.4, -0.2) is 15.3 Å². The largest absolute Gasteiger partial charge is 0.463 e. The summed E-state index contributed by atoms with van der Waals surface area (Å²) in [5, 5.41) is 0.713. The summed E-state index contributed by atoms with van der Waals surface area (Å²) in [5.41, 5.74) is 7.29. The van der Waals surface area contributed by atoms with Crippen LogP contribution in [0.3, 0.4) is 0 Å². The van der Waals surface area contributed by atoms with Crippen molar-refractivity contribution >= 4 is 17.3 Å². The summed E-state index contributed by atoms with van der Waals surface area (Å²) < 4.78 is 7.75. The van der Waals surface area contributed by atoms with Crippen LogP contribution in [0.25, 0.3) is 17.1 Å². The van der Waals surface area contributed by atoms with Crippen LogP contribution >= 0.6 is 11.6 Å². The van der Waals surface area contributed by atoms with Crippen molar-refractivity contribution in [3.8, 4) is 17.1 Å². The molecule has 0 amide bonds. The Kier molecular flexibility index (Phi) is 3.74. The van der Waals surface area contributed by atoms with E-state index >= 15 is 0 Å². The van der Waals surface area contributed by atoms with Crippen molar-refractivity contribution in [2.24, 2.45) is 4.99 Å². The number of imidazole rings is 1. The zero-order chi connectivity index (χ0) is 19.4. The van der Waals surface area contributed by atoms with E-state index in [4.69, 9.17) is 21.0 Å². The lowest BCUT2D eigenvalue weighted by atomic mass is 9.97.